The number of hydrogen-bond donors (Lipinski definition) is 0. The first-order valence-electron chi connectivity index (χ1n) is 8.09. The van der Waals surface area contributed by atoms with Crippen LogP contribution in [0, 0.1) is 0 Å². The second-order valence-electron chi connectivity index (χ2n) is 5.83. The summed E-state index contributed by atoms with van der Waals surface area (Å²) in [7, 11) is 1.55. The predicted octanol–water partition coefficient (Wildman–Crippen LogP) is 3.95. The van der Waals surface area contributed by atoms with Crippen molar-refractivity contribution in [3.8, 4) is 5.75 Å². The Bertz CT molecular complexity index is 930. The molecule has 0 radical (unpaired) electrons. The van der Waals surface area contributed by atoms with Crippen LogP contribution in [0.1, 0.15) is 37.5 Å². The summed E-state index contributed by atoms with van der Waals surface area (Å²) >= 11 is 9.33. The van der Waals surface area contributed by atoms with Crippen LogP contribution in [0.2, 0.25) is 5.02 Å². The highest BCUT2D eigenvalue weighted by Crippen LogP contribution is 2.29. The van der Waals surface area contributed by atoms with Gasteiger partial charge in [-0.2, -0.15) is 0 Å². The topological polar surface area (TPSA) is 72.9 Å². The van der Waals surface area contributed by atoms with Crippen LogP contribution in [0.15, 0.2) is 40.9 Å². The van der Waals surface area contributed by atoms with Crippen molar-refractivity contribution in [2.45, 2.75) is 6.42 Å². The molecule has 27 heavy (non-hydrogen) atoms. The average Bonchev–Trinajstić information content (AvgIpc) is 2.88. The molecule has 0 saturated heterocycles. The Morgan fingerprint density at radius 3 is 2.56 bits per heavy atom. The van der Waals surface area contributed by atoms with Gasteiger partial charge in [-0.1, -0.05) is 27.5 Å². The van der Waals surface area contributed by atoms with Crippen molar-refractivity contribution in [2.24, 2.45) is 0 Å². The minimum Gasteiger partial charge on any atom is -0.421 e. The molecule has 8 heteroatoms. The number of carbonyl (C=O) groups is 3. The van der Waals surface area contributed by atoms with Crippen LogP contribution in [0.4, 0.5) is 0 Å². The number of ether oxygens (including phenoxy) is 2. The van der Waals surface area contributed by atoms with Crippen molar-refractivity contribution >= 4 is 45.3 Å². The third kappa shape index (κ3) is 4.05. The quantitative estimate of drug-likeness (QED) is 0.287. The Morgan fingerprint density at radius 2 is 1.85 bits per heavy atom. The molecule has 0 saturated carbocycles. The Kier molecular flexibility index (Phi) is 5.94. The van der Waals surface area contributed by atoms with Crippen LogP contribution in [0.5, 0.6) is 5.75 Å². The molecule has 2 aromatic carbocycles. The first-order chi connectivity index (χ1) is 12.9. The normalized spacial score (nSPS) is 13.1. The van der Waals surface area contributed by atoms with Crippen molar-refractivity contribution in [1.29, 1.82) is 0 Å². The number of methoxy groups -OCH3 is 1. The van der Waals surface area contributed by atoms with Gasteiger partial charge in [0.05, 0.1) is 21.7 Å². The molecule has 0 atom stereocenters. The number of imide groups is 1. The van der Waals surface area contributed by atoms with Gasteiger partial charge in [0.2, 0.25) is 0 Å². The van der Waals surface area contributed by atoms with E-state index in [0.29, 0.717) is 13.0 Å². The molecule has 0 fully saturated rings. The summed E-state index contributed by atoms with van der Waals surface area (Å²) < 4.78 is 11.0. The van der Waals surface area contributed by atoms with Gasteiger partial charge >= 0.3 is 5.97 Å². The van der Waals surface area contributed by atoms with Crippen LogP contribution >= 0.6 is 27.5 Å². The molecule has 0 aromatic heterocycles. The molecular formula is C19H15BrClNO5. The number of halogens is 2. The van der Waals surface area contributed by atoms with E-state index >= 15 is 0 Å². The number of nitrogens with zero attached hydrogens (tertiary/aromatic N) is 1. The molecule has 2 amide bonds. The number of esters is 1. The average molecular weight is 453 g/mol. The molecule has 0 unspecified atom stereocenters. The Morgan fingerprint density at radius 1 is 1.11 bits per heavy atom. The Balaban J connectivity index is 1.80. The Labute approximate surface area is 169 Å². The van der Waals surface area contributed by atoms with Crippen molar-refractivity contribution < 1.29 is 23.9 Å². The van der Waals surface area contributed by atoms with E-state index in [2.05, 4.69) is 15.9 Å². The third-order valence-electron chi connectivity index (χ3n) is 4.03. The SMILES string of the molecule is COCCCN1C(=O)c2ccc(C(=O)Oc3ccc(Br)cc3Cl)cc2C1=O. The van der Waals surface area contributed by atoms with Gasteiger partial charge in [0.15, 0.2) is 0 Å². The van der Waals surface area contributed by atoms with Crippen LogP contribution < -0.4 is 4.74 Å². The van der Waals surface area contributed by atoms with E-state index < -0.39 is 11.9 Å². The molecule has 1 aliphatic rings. The van der Waals surface area contributed by atoms with Gasteiger partial charge in [0, 0.05) is 24.7 Å². The van der Waals surface area contributed by atoms with Gasteiger partial charge in [-0.15, -0.1) is 0 Å². The van der Waals surface area contributed by atoms with Gasteiger partial charge in [0.1, 0.15) is 5.75 Å². The van der Waals surface area contributed by atoms with Crippen LogP contribution in [0.3, 0.4) is 0 Å². The van der Waals surface area contributed by atoms with E-state index in [1.807, 2.05) is 0 Å². The lowest BCUT2D eigenvalue weighted by Gasteiger charge is -2.12. The summed E-state index contributed by atoms with van der Waals surface area (Å²) in [5.74, 6) is -1.27. The van der Waals surface area contributed by atoms with Crippen molar-refractivity contribution in [3.63, 3.8) is 0 Å². The molecule has 0 spiro atoms. The molecule has 1 aliphatic heterocycles. The lowest BCUT2D eigenvalue weighted by atomic mass is 10.1. The summed E-state index contributed by atoms with van der Waals surface area (Å²) in [6.45, 7) is 0.702. The summed E-state index contributed by atoms with van der Waals surface area (Å²) in [6.07, 6.45) is 0.541. The van der Waals surface area contributed by atoms with Crippen molar-refractivity contribution in [2.75, 3.05) is 20.3 Å². The standard InChI is InChI=1S/C19H15BrClNO5/c1-26-8-2-7-22-17(23)13-5-3-11(9-14(13)18(22)24)19(25)27-16-6-4-12(20)10-15(16)21/h3-6,9-10H,2,7-8H2,1H3. The first kappa shape index (κ1) is 19.5. The fraction of sp³-hybridized carbons (Fsp3) is 0.211. The molecular weight excluding hydrogens is 438 g/mol. The minimum absolute atomic E-state index is 0.160. The number of rotatable bonds is 6. The zero-order valence-corrected chi connectivity index (χ0v) is 16.7. The largest absolute Gasteiger partial charge is 0.421 e. The molecule has 140 valence electrons. The zero-order chi connectivity index (χ0) is 19.6. The highest BCUT2D eigenvalue weighted by Gasteiger charge is 2.35. The van der Waals surface area contributed by atoms with Gasteiger partial charge in [-0.3, -0.25) is 14.5 Å². The summed E-state index contributed by atoms with van der Waals surface area (Å²) in [4.78, 5) is 38.5. The summed E-state index contributed by atoms with van der Waals surface area (Å²) in [5.41, 5.74) is 0.622. The van der Waals surface area contributed by atoms with Crippen LogP contribution in [-0.2, 0) is 4.74 Å². The van der Waals surface area contributed by atoms with E-state index in [9.17, 15) is 14.4 Å². The van der Waals surface area contributed by atoms with Gasteiger partial charge in [-0.05, 0) is 42.8 Å². The molecule has 0 bridgehead atoms. The lowest BCUT2D eigenvalue weighted by Crippen LogP contribution is -2.31. The number of carbonyl (C=O) groups excluding carboxylic acids is 3. The number of benzene rings is 2. The number of amides is 2. The van der Waals surface area contributed by atoms with Crippen molar-refractivity contribution in [1.82, 2.24) is 4.90 Å². The van der Waals surface area contributed by atoms with Gasteiger partial charge in [0.25, 0.3) is 11.8 Å². The number of fused-ring (bicyclic) bond motifs is 1. The molecule has 1 heterocycles. The monoisotopic (exact) mass is 451 g/mol. The second-order valence-corrected chi connectivity index (χ2v) is 7.16. The van der Waals surface area contributed by atoms with Crippen LogP contribution in [0.25, 0.3) is 0 Å². The smallest absolute Gasteiger partial charge is 0.343 e. The van der Waals surface area contributed by atoms with Gasteiger partial charge in [-0.25, -0.2) is 4.79 Å². The maximum absolute atomic E-state index is 12.5. The molecule has 0 aliphatic carbocycles. The molecule has 3 rings (SSSR count). The van der Waals surface area contributed by atoms with Crippen LogP contribution in [-0.4, -0.2) is 42.9 Å². The molecule has 2 aromatic rings. The summed E-state index contributed by atoms with van der Waals surface area (Å²) in [5, 5.41) is 0.273. The minimum atomic E-state index is -0.667. The maximum Gasteiger partial charge on any atom is 0.343 e. The summed E-state index contributed by atoms with van der Waals surface area (Å²) in [6, 6.07) is 9.15. The van der Waals surface area contributed by atoms with E-state index in [1.54, 1.807) is 25.3 Å². The zero-order valence-electron chi connectivity index (χ0n) is 14.3. The van der Waals surface area contributed by atoms with E-state index in [1.165, 1.54) is 18.2 Å². The third-order valence-corrected chi connectivity index (χ3v) is 4.82. The first-order valence-corrected chi connectivity index (χ1v) is 9.26. The van der Waals surface area contributed by atoms with E-state index in [-0.39, 0.29) is 39.9 Å². The second kappa shape index (κ2) is 8.21. The van der Waals surface area contributed by atoms with Gasteiger partial charge < -0.3 is 9.47 Å². The fourth-order valence-electron chi connectivity index (χ4n) is 2.70. The molecule has 6 nitrogen and oxygen atoms in total. The maximum atomic E-state index is 12.5. The Hall–Kier alpha value is -2.22. The van der Waals surface area contributed by atoms with Crippen molar-refractivity contribution in [3.05, 3.63) is 62.6 Å². The fourth-order valence-corrected chi connectivity index (χ4v) is 3.42. The van der Waals surface area contributed by atoms with E-state index in [0.717, 1.165) is 9.37 Å². The predicted molar refractivity (Wildman–Crippen MR) is 102 cm³/mol. The highest BCUT2D eigenvalue weighted by molar-refractivity contribution is 9.10. The number of hydrogen-bond acceptors (Lipinski definition) is 5. The molecule has 0 N–H and O–H groups in total. The lowest BCUT2D eigenvalue weighted by molar-refractivity contribution is 0.0638. The highest BCUT2D eigenvalue weighted by atomic mass is 79.9. The van der Waals surface area contributed by atoms with E-state index in [4.69, 9.17) is 21.1 Å².